The number of anilines is 3. The fraction of sp³-hybridized carbons (Fsp3) is 0.192. The predicted molar refractivity (Wildman–Crippen MR) is 153 cm³/mol. The fourth-order valence-electron chi connectivity index (χ4n) is 4.21. The Morgan fingerprint density at radius 1 is 1.13 bits per heavy atom. The molecule has 2 N–H and O–H groups in total. The summed E-state index contributed by atoms with van der Waals surface area (Å²) in [6.07, 6.45) is 5.36. The Balaban J connectivity index is 2.11. The van der Waals surface area contributed by atoms with E-state index in [4.69, 9.17) is 6.42 Å². The van der Waals surface area contributed by atoms with Crippen molar-refractivity contribution in [1.82, 2.24) is 13.7 Å². The molecule has 0 radical (unpaired) electrons. The van der Waals surface area contributed by atoms with Crippen LogP contribution in [0, 0.1) is 25.1 Å². The van der Waals surface area contributed by atoms with Crippen molar-refractivity contribution >= 4 is 51.7 Å². The Kier molecular flexibility index (Phi) is 7.61. The average Bonchev–Trinajstić information content (AvgIpc) is 2.91. The quantitative estimate of drug-likeness (QED) is 0.241. The first-order valence-electron chi connectivity index (χ1n) is 11.4. The van der Waals surface area contributed by atoms with Gasteiger partial charge in [0.1, 0.15) is 28.0 Å². The molecule has 0 bridgehead atoms. The summed E-state index contributed by atoms with van der Waals surface area (Å²) < 4.78 is 33.1. The summed E-state index contributed by atoms with van der Waals surface area (Å²) in [6.45, 7) is 3.20. The number of terminal acetylenes is 1. The molecule has 1 atom stereocenters. The van der Waals surface area contributed by atoms with Crippen LogP contribution in [0.5, 0.6) is 0 Å². The predicted octanol–water partition coefficient (Wildman–Crippen LogP) is 3.01. The van der Waals surface area contributed by atoms with Crippen LogP contribution in [0.25, 0.3) is 16.6 Å². The van der Waals surface area contributed by atoms with Gasteiger partial charge in [0.05, 0.1) is 22.0 Å². The largest absolute Gasteiger partial charge is 0.338 e. The molecular formula is C26H24FN5O4S2. The summed E-state index contributed by atoms with van der Waals surface area (Å²) >= 11 is 4.01. The van der Waals surface area contributed by atoms with Gasteiger partial charge >= 0.3 is 5.69 Å². The lowest BCUT2D eigenvalue weighted by Gasteiger charge is -2.20. The summed E-state index contributed by atoms with van der Waals surface area (Å²) in [5.74, 6) is 1.68. The maximum atomic E-state index is 14.8. The van der Waals surface area contributed by atoms with E-state index in [-0.39, 0.29) is 39.6 Å². The molecule has 12 heteroatoms. The van der Waals surface area contributed by atoms with Crippen LogP contribution in [-0.2, 0) is 24.6 Å². The Labute approximate surface area is 224 Å². The number of pyridine rings is 1. The number of nitrogens with one attached hydrogen (secondary N) is 2. The third-order valence-electron chi connectivity index (χ3n) is 6.05. The second-order valence-corrected chi connectivity index (χ2v) is 10.2. The van der Waals surface area contributed by atoms with Crippen molar-refractivity contribution in [2.24, 2.45) is 7.05 Å². The average molecular weight is 554 g/mol. The topological polar surface area (TPSA) is 107 Å². The maximum absolute atomic E-state index is 14.8. The number of hydrogen-bond acceptors (Lipinski definition) is 6. The molecule has 4 rings (SSSR count). The van der Waals surface area contributed by atoms with Crippen LogP contribution in [0.15, 0.2) is 56.8 Å². The number of halogens is 1. The van der Waals surface area contributed by atoms with Gasteiger partial charge in [0.25, 0.3) is 11.1 Å². The van der Waals surface area contributed by atoms with Crippen molar-refractivity contribution in [1.29, 1.82) is 0 Å². The normalized spacial score (nSPS) is 11.8. The number of benzene rings is 2. The summed E-state index contributed by atoms with van der Waals surface area (Å²) in [6, 6.07) is 10.6. The van der Waals surface area contributed by atoms with E-state index >= 15 is 0 Å². The lowest BCUT2D eigenvalue weighted by molar-refractivity contribution is 0.631. The number of nitrogens with zero attached hydrogens (tertiary/aromatic N) is 3. The number of rotatable bonds is 7. The summed E-state index contributed by atoms with van der Waals surface area (Å²) in [7, 11) is -0.0149. The molecular weight excluding hydrogens is 529 g/mol. The molecule has 0 saturated carbocycles. The van der Waals surface area contributed by atoms with Crippen LogP contribution >= 0.6 is 12.6 Å². The van der Waals surface area contributed by atoms with Crippen LogP contribution in [0.1, 0.15) is 18.1 Å². The van der Waals surface area contributed by atoms with Gasteiger partial charge in [-0.1, -0.05) is 12.0 Å². The fourth-order valence-corrected chi connectivity index (χ4v) is 4.86. The first kappa shape index (κ1) is 27.0. The monoisotopic (exact) mass is 553 g/mol. The number of fused-ring (bicyclic) bond motifs is 1. The third kappa shape index (κ3) is 4.66. The lowest BCUT2D eigenvalue weighted by atomic mass is 10.1. The Bertz CT molecular complexity index is 1840. The number of hydrogen-bond donors (Lipinski definition) is 3. The molecule has 0 fully saturated rings. The van der Waals surface area contributed by atoms with E-state index in [9.17, 15) is 23.0 Å². The van der Waals surface area contributed by atoms with E-state index in [1.54, 1.807) is 31.2 Å². The number of aryl methyl sites for hydroxylation is 1. The van der Waals surface area contributed by atoms with E-state index in [2.05, 4.69) is 28.6 Å². The third-order valence-corrected chi connectivity index (χ3v) is 7.45. The van der Waals surface area contributed by atoms with E-state index in [0.29, 0.717) is 16.9 Å². The SMILES string of the molecule is C#Cc1ccc(Nc2c3c(=O)n(CC)c(=O)n(-c4cccc(NS(=O)CS)c4)c3c(C)c(=O)n2C)c(F)c1. The molecule has 38 heavy (non-hydrogen) atoms. The zero-order valence-corrected chi connectivity index (χ0v) is 22.5. The van der Waals surface area contributed by atoms with Gasteiger partial charge in [-0.15, -0.1) is 6.42 Å². The van der Waals surface area contributed by atoms with Gasteiger partial charge in [0.15, 0.2) is 0 Å². The molecule has 4 aromatic rings. The molecule has 1 unspecified atom stereocenters. The summed E-state index contributed by atoms with van der Waals surface area (Å²) in [5, 5.41) is 2.95. The number of aromatic nitrogens is 3. The van der Waals surface area contributed by atoms with Gasteiger partial charge in [0.2, 0.25) is 0 Å². The van der Waals surface area contributed by atoms with E-state index < -0.39 is 33.6 Å². The molecule has 196 valence electrons. The zero-order valence-electron chi connectivity index (χ0n) is 20.7. The summed E-state index contributed by atoms with van der Waals surface area (Å²) in [4.78, 5) is 40.5. The Morgan fingerprint density at radius 2 is 1.87 bits per heavy atom. The molecule has 0 aliphatic carbocycles. The van der Waals surface area contributed by atoms with Crippen LogP contribution in [0.3, 0.4) is 0 Å². The molecule has 0 aliphatic rings. The molecule has 2 heterocycles. The Morgan fingerprint density at radius 3 is 2.50 bits per heavy atom. The highest BCUT2D eigenvalue weighted by Crippen LogP contribution is 2.27. The van der Waals surface area contributed by atoms with Crippen molar-refractivity contribution in [2.45, 2.75) is 20.4 Å². The minimum Gasteiger partial charge on any atom is -0.338 e. The highest BCUT2D eigenvalue weighted by Gasteiger charge is 2.23. The van der Waals surface area contributed by atoms with Crippen LogP contribution in [0.4, 0.5) is 21.6 Å². The van der Waals surface area contributed by atoms with E-state index in [1.165, 1.54) is 35.2 Å². The Hall–Kier alpha value is -4.08. The highest BCUT2D eigenvalue weighted by atomic mass is 32.2. The smallest absolute Gasteiger partial charge is 0.336 e. The first-order valence-corrected chi connectivity index (χ1v) is 13.4. The standard InChI is InChI=1S/C26H24FN5O4S2/c1-5-16-10-11-20(19(27)12-16)28-23-21-22(15(3)24(33)30(23)4)32(26(35)31(6-2)25(21)34)18-9-7-8-17(13-18)29-38(36)14-37/h1,7-13,28-29,37H,6,14H2,2-4H3. The van der Waals surface area contributed by atoms with Crippen molar-refractivity contribution in [3.63, 3.8) is 0 Å². The molecule has 0 aliphatic heterocycles. The van der Waals surface area contributed by atoms with E-state index in [0.717, 1.165) is 10.6 Å². The van der Waals surface area contributed by atoms with Crippen molar-refractivity contribution < 1.29 is 8.60 Å². The molecule has 0 saturated heterocycles. The molecule has 0 amide bonds. The van der Waals surface area contributed by atoms with Gasteiger partial charge in [-0.2, -0.15) is 12.6 Å². The minimum absolute atomic E-state index is 0.00867. The van der Waals surface area contributed by atoms with E-state index in [1.807, 2.05) is 0 Å². The lowest BCUT2D eigenvalue weighted by Crippen LogP contribution is -2.41. The zero-order chi connectivity index (χ0) is 27.7. The van der Waals surface area contributed by atoms with Crippen molar-refractivity contribution in [2.75, 3.05) is 15.1 Å². The maximum Gasteiger partial charge on any atom is 0.336 e. The van der Waals surface area contributed by atoms with Crippen LogP contribution in [0.2, 0.25) is 0 Å². The van der Waals surface area contributed by atoms with Gasteiger partial charge < -0.3 is 10.0 Å². The highest BCUT2D eigenvalue weighted by molar-refractivity contribution is 8.00. The second-order valence-electron chi connectivity index (χ2n) is 8.32. The van der Waals surface area contributed by atoms with Gasteiger partial charge in [0, 0.05) is 30.4 Å². The molecule has 0 spiro atoms. The van der Waals surface area contributed by atoms with Crippen LogP contribution in [-0.4, -0.2) is 23.0 Å². The van der Waals surface area contributed by atoms with Crippen molar-refractivity contribution in [3.8, 4) is 18.0 Å². The second kappa shape index (κ2) is 10.7. The van der Waals surface area contributed by atoms with Gasteiger partial charge in [-0.25, -0.2) is 13.4 Å². The number of thiol groups is 1. The van der Waals surface area contributed by atoms with Gasteiger partial charge in [-0.3, -0.25) is 23.3 Å². The van der Waals surface area contributed by atoms with Crippen LogP contribution < -0.4 is 26.8 Å². The van der Waals surface area contributed by atoms with Crippen molar-refractivity contribution in [3.05, 3.63) is 90.6 Å². The first-order chi connectivity index (χ1) is 18.1. The minimum atomic E-state index is -1.47. The summed E-state index contributed by atoms with van der Waals surface area (Å²) in [5.41, 5.74) is -0.493. The molecule has 2 aromatic heterocycles. The molecule has 2 aromatic carbocycles. The van der Waals surface area contributed by atoms with Gasteiger partial charge in [-0.05, 0) is 50.2 Å². The molecule has 9 nitrogen and oxygen atoms in total.